The van der Waals surface area contributed by atoms with Gasteiger partial charge >= 0.3 is 0 Å². The molecule has 0 saturated carbocycles. The fourth-order valence-electron chi connectivity index (χ4n) is 3.06. The van der Waals surface area contributed by atoms with Gasteiger partial charge < -0.3 is 4.42 Å². The summed E-state index contributed by atoms with van der Waals surface area (Å²) in [5.74, 6) is 1.82. The van der Waals surface area contributed by atoms with Crippen molar-refractivity contribution in [1.29, 1.82) is 0 Å². The standard InChI is InChI=1S/C16H19N5O/c1-11-7-12(2)21(19-11)13-8-20(9-13)10-14-3-4-16(22-14)15-5-6-17-18-15/h3-7,13H,8-10H2,1-2H3,(H,17,18). The Kier molecular flexibility index (Phi) is 3.11. The molecule has 0 amide bonds. The summed E-state index contributed by atoms with van der Waals surface area (Å²) in [6.07, 6.45) is 1.73. The fourth-order valence-corrected chi connectivity index (χ4v) is 3.06. The fraction of sp³-hybridized carbons (Fsp3) is 0.375. The zero-order valence-electron chi connectivity index (χ0n) is 12.8. The Labute approximate surface area is 128 Å². The number of aromatic nitrogens is 4. The molecule has 1 fully saturated rings. The van der Waals surface area contributed by atoms with Crippen LogP contribution in [0.3, 0.4) is 0 Å². The highest BCUT2D eigenvalue weighted by Gasteiger charge is 2.30. The second kappa shape index (κ2) is 5.14. The summed E-state index contributed by atoms with van der Waals surface area (Å²) in [5, 5.41) is 11.4. The van der Waals surface area contributed by atoms with Crippen molar-refractivity contribution in [1.82, 2.24) is 24.9 Å². The Balaban J connectivity index is 1.37. The van der Waals surface area contributed by atoms with Gasteiger partial charge in [-0.1, -0.05) is 0 Å². The molecule has 0 atom stereocenters. The van der Waals surface area contributed by atoms with E-state index >= 15 is 0 Å². The second-order valence-corrected chi connectivity index (χ2v) is 5.96. The van der Waals surface area contributed by atoms with E-state index in [1.165, 1.54) is 5.69 Å². The van der Waals surface area contributed by atoms with Crippen LogP contribution in [0.2, 0.25) is 0 Å². The normalized spacial score (nSPS) is 16.1. The van der Waals surface area contributed by atoms with E-state index in [2.05, 4.69) is 37.9 Å². The van der Waals surface area contributed by atoms with E-state index in [0.717, 1.165) is 42.5 Å². The number of hydrogen-bond acceptors (Lipinski definition) is 4. The van der Waals surface area contributed by atoms with Gasteiger partial charge in [0.2, 0.25) is 0 Å². The molecule has 114 valence electrons. The molecule has 0 aliphatic carbocycles. The van der Waals surface area contributed by atoms with Crippen molar-refractivity contribution >= 4 is 0 Å². The molecular weight excluding hydrogens is 278 g/mol. The van der Waals surface area contributed by atoms with Gasteiger partial charge in [-0.2, -0.15) is 10.2 Å². The number of H-pyrrole nitrogens is 1. The lowest BCUT2D eigenvalue weighted by Crippen LogP contribution is -2.47. The zero-order valence-corrected chi connectivity index (χ0v) is 12.8. The monoisotopic (exact) mass is 297 g/mol. The Morgan fingerprint density at radius 3 is 2.82 bits per heavy atom. The van der Waals surface area contributed by atoms with Gasteiger partial charge in [-0.05, 0) is 38.1 Å². The van der Waals surface area contributed by atoms with Gasteiger partial charge in [0.15, 0.2) is 5.76 Å². The molecule has 0 spiro atoms. The SMILES string of the molecule is Cc1cc(C)n(C2CN(Cc3ccc(-c4ccn[nH]4)o3)C2)n1. The third-order valence-electron chi connectivity index (χ3n) is 4.14. The van der Waals surface area contributed by atoms with Gasteiger partial charge in [0.25, 0.3) is 0 Å². The van der Waals surface area contributed by atoms with E-state index in [1.807, 2.05) is 25.1 Å². The van der Waals surface area contributed by atoms with Gasteiger partial charge in [0.1, 0.15) is 11.5 Å². The summed E-state index contributed by atoms with van der Waals surface area (Å²) in [6.45, 7) is 7.03. The van der Waals surface area contributed by atoms with Crippen molar-refractivity contribution in [3.63, 3.8) is 0 Å². The minimum absolute atomic E-state index is 0.482. The Morgan fingerprint density at radius 1 is 1.27 bits per heavy atom. The van der Waals surface area contributed by atoms with Gasteiger partial charge in [-0.25, -0.2) is 0 Å². The molecule has 1 saturated heterocycles. The smallest absolute Gasteiger partial charge is 0.152 e. The summed E-state index contributed by atoms with van der Waals surface area (Å²) in [4.78, 5) is 2.37. The van der Waals surface area contributed by atoms with Crippen molar-refractivity contribution in [3.05, 3.63) is 47.6 Å². The lowest BCUT2D eigenvalue weighted by molar-refractivity contribution is 0.0822. The van der Waals surface area contributed by atoms with E-state index < -0.39 is 0 Å². The number of aryl methyl sites for hydroxylation is 2. The van der Waals surface area contributed by atoms with Crippen molar-refractivity contribution < 1.29 is 4.42 Å². The first-order valence-corrected chi connectivity index (χ1v) is 7.52. The molecular formula is C16H19N5O. The van der Waals surface area contributed by atoms with E-state index in [4.69, 9.17) is 4.42 Å². The number of hydrogen-bond donors (Lipinski definition) is 1. The molecule has 3 aromatic rings. The van der Waals surface area contributed by atoms with Crippen LogP contribution in [-0.2, 0) is 6.54 Å². The maximum Gasteiger partial charge on any atom is 0.152 e. The lowest BCUT2D eigenvalue weighted by Gasteiger charge is -2.39. The summed E-state index contributed by atoms with van der Waals surface area (Å²) in [5.41, 5.74) is 3.24. The highest BCUT2D eigenvalue weighted by molar-refractivity contribution is 5.51. The molecule has 0 bridgehead atoms. The zero-order chi connectivity index (χ0) is 15.1. The van der Waals surface area contributed by atoms with Crippen LogP contribution >= 0.6 is 0 Å². The molecule has 0 radical (unpaired) electrons. The van der Waals surface area contributed by atoms with Crippen LogP contribution in [0, 0.1) is 13.8 Å². The van der Waals surface area contributed by atoms with E-state index in [1.54, 1.807) is 6.20 Å². The summed E-state index contributed by atoms with van der Waals surface area (Å²) in [6, 6.07) is 8.54. The van der Waals surface area contributed by atoms with Gasteiger partial charge in [0, 0.05) is 25.0 Å². The number of likely N-dealkylation sites (tertiary alicyclic amines) is 1. The number of furan rings is 1. The number of nitrogens with zero attached hydrogens (tertiary/aromatic N) is 4. The van der Waals surface area contributed by atoms with Crippen LogP contribution in [-0.4, -0.2) is 38.0 Å². The van der Waals surface area contributed by atoms with E-state index in [9.17, 15) is 0 Å². The van der Waals surface area contributed by atoms with Gasteiger partial charge in [0.05, 0.1) is 18.3 Å². The molecule has 1 aliphatic heterocycles. The van der Waals surface area contributed by atoms with Crippen LogP contribution in [0.1, 0.15) is 23.2 Å². The minimum atomic E-state index is 0.482. The van der Waals surface area contributed by atoms with E-state index in [-0.39, 0.29) is 0 Å². The largest absolute Gasteiger partial charge is 0.458 e. The highest BCUT2D eigenvalue weighted by atomic mass is 16.3. The molecule has 4 rings (SSSR count). The number of aromatic amines is 1. The molecule has 6 nitrogen and oxygen atoms in total. The highest BCUT2D eigenvalue weighted by Crippen LogP contribution is 2.26. The van der Waals surface area contributed by atoms with E-state index in [0.29, 0.717) is 6.04 Å². The maximum atomic E-state index is 5.87. The Morgan fingerprint density at radius 2 is 2.14 bits per heavy atom. The summed E-state index contributed by atoms with van der Waals surface area (Å²) >= 11 is 0. The summed E-state index contributed by atoms with van der Waals surface area (Å²) in [7, 11) is 0. The van der Waals surface area contributed by atoms with Crippen molar-refractivity contribution in [2.75, 3.05) is 13.1 Å². The second-order valence-electron chi connectivity index (χ2n) is 5.96. The first-order valence-electron chi connectivity index (χ1n) is 7.52. The molecule has 0 aromatic carbocycles. The lowest BCUT2D eigenvalue weighted by atomic mass is 10.1. The quantitative estimate of drug-likeness (QED) is 0.804. The molecule has 3 aromatic heterocycles. The average molecular weight is 297 g/mol. The number of nitrogens with one attached hydrogen (secondary N) is 1. The van der Waals surface area contributed by atoms with Crippen LogP contribution in [0.15, 0.2) is 34.9 Å². The average Bonchev–Trinajstić information content (AvgIpc) is 3.14. The topological polar surface area (TPSA) is 62.9 Å². The maximum absolute atomic E-state index is 5.87. The molecule has 4 heterocycles. The first-order chi connectivity index (χ1) is 10.7. The number of rotatable bonds is 4. The summed E-state index contributed by atoms with van der Waals surface area (Å²) < 4.78 is 8.01. The Hall–Kier alpha value is -2.34. The third kappa shape index (κ3) is 2.35. The molecule has 1 N–H and O–H groups in total. The predicted molar refractivity (Wildman–Crippen MR) is 82.3 cm³/mol. The van der Waals surface area contributed by atoms with Gasteiger partial charge in [-0.3, -0.25) is 14.7 Å². The molecule has 0 unspecified atom stereocenters. The molecule has 6 heteroatoms. The minimum Gasteiger partial charge on any atom is -0.458 e. The van der Waals surface area contributed by atoms with Crippen LogP contribution in [0.25, 0.3) is 11.5 Å². The predicted octanol–water partition coefficient (Wildman–Crippen LogP) is 2.54. The first kappa shape index (κ1) is 13.3. The van der Waals surface area contributed by atoms with Gasteiger partial charge in [-0.15, -0.1) is 0 Å². The van der Waals surface area contributed by atoms with Crippen molar-refractivity contribution in [3.8, 4) is 11.5 Å². The van der Waals surface area contributed by atoms with Crippen LogP contribution < -0.4 is 0 Å². The van der Waals surface area contributed by atoms with Crippen LogP contribution in [0.4, 0.5) is 0 Å². The van der Waals surface area contributed by atoms with Crippen molar-refractivity contribution in [2.24, 2.45) is 0 Å². The van der Waals surface area contributed by atoms with Crippen LogP contribution in [0.5, 0.6) is 0 Å². The third-order valence-corrected chi connectivity index (χ3v) is 4.14. The molecule has 22 heavy (non-hydrogen) atoms. The molecule has 1 aliphatic rings. The Bertz CT molecular complexity index is 764. The van der Waals surface area contributed by atoms with Crippen molar-refractivity contribution in [2.45, 2.75) is 26.4 Å².